The van der Waals surface area contributed by atoms with Gasteiger partial charge in [0.25, 0.3) is 0 Å². The molecule has 0 aromatic heterocycles. The fourth-order valence-electron chi connectivity index (χ4n) is 2.40. The number of hydrogen-bond acceptors (Lipinski definition) is 4. The van der Waals surface area contributed by atoms with Crippen molar-refractivity contribution in [3.63, 3.8) is 0 Å². The highest BCUT2D eigenvalue weighted by molar-refractivity contribution is 6.01. The van der Waals surface area contributed by atoms with E-state index in [1.54, 1.807) is 43.3 Å². The molecule has 6 heteroatoms. The third-order valence-electron chi connectivity index (χ3n) is 3.73. The minimum Gasteiger partial charge on any atom is -0.462 e. The van der Waals surface area contributed by atoms with Crippen LogP contribution in [0.25, 0.3) is 0 Å². The molecule has 0 fully saturated rings. The molecule has 5 nitrogen and oxygen atoms in total. The number of hydrogen-bond donors (Lipinski definition) is 2. The quantitative estimate of drug-likeness (QED) is 0.534. The Bertz CT molecular complexity index is 732. The molecule has 26 heavy (non-hydrogen) atoms. The van der Waals surface area contributed by atoms with E-state index < -0.39 is 5.97 Å². The van der Waals surface area contributed by atoms with Crippen molar-refractivity contribution in [1.29, 1.82) is 0 Å². The first-order valence-corrected chi connectivity index (χ1v) is 8.61. The van der Waals surface area contributed by atoms with Gasteiger partial charge in [0.15, 0.2) is 0 Å². The smallest absolute Gasteiger partial charge is 0.340 e. The lowest BCUT2D eigenvalue weighted by Gasteiger charge is -2.10. The molecule has 0 unspecified atom stereocenters. The van der Waals surface area contributed by atoms with Crippen LogP contribution in [0.3, 0.4) is 0 Å². The van der Waals surface area contributed by atoms with E-state index >= 15 is 0 Å². The predicted octanol–water partition coefficient (Wildman–Crippen LogP) is 3.16. The zero-order chi connectivity index (χ0) is 18.8. The van der Waals surface area contributed by atoms with Crippen molar-refractivity contribution >= 4 is 17.6 Å². The summed E-state index contributed by atoms with van der Waals surface area (Å²) in [5.41, 5.74) is 1.82. The maximum atomic E-state index is 12.8. The monoisotopic (exact) mass is 358 g/mol. The first-order chi connectivity index (χ1) is 12.6. The summed E-state index contributed by atoms with van der Waals surface area (Å²) in [5.74, 6) is -0.890. The van der Waals surface area contributed by atoms with Gasteiger partial charge in [-0.15, -0.1) is 0 Å². The molecule has 0 saturated carbocycles. The van der Waals surface area contributed by atoms with Gasteiger partial charge in [-0.3, -0.25) is 4.79 Å². The van der Waals surface area contributed by atoms with E-state index in [1.807, 2.05) is 0 Å². The fraction of sp³-hybridized carbons (Fsp3) is 0.300. The number of carbonyl (C=O) groups is 2. The number of nitrogens with one attached hydrogen (secondary N) is 2. The van der Waals surface area contributed by atoms with Gasteiger partial charge in [-0.2, -0.15) is 0 Å². The summed E-state index contributed by atoms with van der Waals surface area (Å²) in [6.07, 6.45) is 1.04. The van der Waals surface area contributed by atoms with Crippen LogP contribution in [0.15, 0.2) is 48.5 Å². The van der Waals surface area contributed by atoms with E-state index in [0.29, 0.717) is 24.3 Å². The van der Waals surface area contributed by atoms with Crippen LogP contribution in [0, 0.1) is 5.82 Å². The number of halogens is 1. The molecule has 138 valence electrons. The lowest BCUT2D eigenvalue weighted by Crippen LogP contribution is -2.24. The number of amides is 1. The molecule has 0 radical (unpaired) electrons. The van der Waals surface area contributed by atoms with Crippen molar-refractivity contribution in [2.24, 2.45) is 0 Å². The second kappa shape index (κ2) is 10.3. The van der Waals surface area contributed by atoms with Crippen LogP contribution in [0.5, 0.6) is 0 Å². The molecule has 0 aliphatic rings. The molecule has 2 aromatic carbocycles. The van der Waals surface area contributed by atoms with Crippen molar-refractivity contribution in [3.8, 4) is 0 Å². The molecule has 1 amide bonds. The molecular formula is C20H23FN2O3. The number of ether oxygens (including phenoxy) is 1. The standard InChI is InChI=1S/C20H23FN2O3/c1-2-26-20(25)17-5-3-4-6-18(17)23-19(24)12-14-22-13-11-15-7-9-16(21)10-8-15/h3-10,22H,2,11-14H2,1H3,(H,23,24). The topological polar surface area (TPSA) is 67.4 Å². The Balaban J connectivity index is 1.73. The number of benzene rings is 2. The van der Waals surface area contributed by atoms with Crippen LogP contribution < -0.4 is 10.6 Å². The molecule has 2 aromatic rings. The zero-order valence-electron chi connectivity index (χ0n) is 14.8. The van der Waals surface area contributed by atoms with Gasteiger partial charge in [-0.1, -0.05) is 24.3 Å². The maximum absolute atomic E-state index is 12.8. The Labute approximate surface area is 152 Å². The van der Waals surface area contributed by atoms with E-state index in [-0.39, 0.29) is 24.8 Å². The molecule has 2 N–H and O–H groups in total. The van der Waals surface area contributed by atoms with Gasteiger partial charge in [0.05, 0.1) is 17.9 Å². The SMILES string of the molecule is CCOC(=O)c1ccccc1NC(=O)CCNCCc1ccc(F)cc1. The molecule has 0 aliphatic heterocycles. The molecule has 0 aliphatic carbocycles. The van der Waals surface area contributed by atoms with E-state index in [4.69, 9.17) is 4.74 Å². The second-order valence-electron chi connectivity index (χ2n) is 5.69. The number of anilines is 1. The van der Waals surface area contributed by atoms with Crippen LogP contribution in [0.1, 0.15) is 29.3 Å². The number of rotatable bonds is 9. The van der Waals surface area contributed by atoms with E-state index in [9.17, 15) is 14.0 Å². The van der Waals surface area contributed by atoms with Crippen molar-refractivity contribution < 1.29 is 18.7 Å². The molecule has 2 rings (SSSR count). The largest absolute Gasteiger partial charge is 0.462 e. The highest BCUT2D eigenvalue weighted by Crippen LogP contribution is 2.16. The van der Waals surface area contributed by atoms with Gasteiger partial charge in [0.1, 0.15) is 5.82 Å². The van der Waals surface area contributed by atoms with Gasteiger partial charge in [-0.25, -0.2) is 9.18 Å². The summed E-state index contributed by atoms with van der Waals surface area (Å²) in [4.78, 5) is 24.0. The highest BCUT2D eigenvalue weighted by Gasteiger charge is 2.13. The molecule has 0 heterocycles. The third kappa shape index (κ3) is 6.29. The minimum atomic E-state index is -0.458. The maximum Gasteiger partial charge on any atom is 0.340 e. The zero-order valence-corrected chi connectivity index (χ0v) is 14.8. The van der Waals surface area contributed by atoms with Crippen LogP contribution in [-0.2, 0) is 16.0 Å². The minimum absolute atomic E-state index is 0.184. The summed E-state index contributed by atoms with van der Waals surface area (Å²) < 4.78 is 17.8. The Morgan fingerprint density at radius 3 is 2.50 bits per heavy atom. The predicted molar refractivity (Wildman–Crippen MR) is 98.6 cm³/mol. The van der Waals surface area contributed by atoms with E-state index in [1.165, 1.54) is 12.1 Å². The first kappa shape index (κ1) is 19.6. The summed E-state index contributed by atoms with van der Waals surface area (Å²) >= 11 is 0. The van der Waals surface area contributed by atoms with Gasteiger partial charge in [0.2, 0.25) is 5.91 Å². The van der Waals surface area contributed by atoms with E-state index in [2.05, 4.69) is 10.6 Å². The third-order valence-corrected chi connectivity index (χ3v) is 3.73. The van der Waals surface area contributed by atoms with Crippen molar-refractivity contribution in [1.82, 2.24) is 5.32 Å². The Hall–Kier alpha value is -2.73. The Morgan fingerprint density at radius 2 is 1.77 bits per heavy atom. The van der Waals surface area contributed by atoms with Gasteiger partial charge < -0.3 is 15.4 Å². The summed E-state index contributed by atoms with van der Waals surface area (Å²) in [5, 5.41) is 5.92. The van der Waals surface area contributed by atoms with Crippen molar-refractivity contribution in [3.05, 3.63) is 65.5 Å². The molecular weight excluding hydrogens is 335 g/mol. The van der Waals surface area contributed by atoms with Crippen LogP contribution in [-0.4, -0.2) is 31.6 Å². The van der Waals surface area contributed by atoms with Crippen LogP contribution in [0.4, 0.5) is 10.1 Å². The average molecular weight is 358 g/mol. The highest BCUT2D eigenvalue weighted by atomic mass is 19.1. The first-order valence-electron chi connectivity index (χ1n) is 8.61. The number of esters is 1. The molecule has 0 spiro atoms. The van der Waals surface area contributed by atoms with Crippen molar-refractivity contribution in [2.45, 2.75) is 19.8 Å². The van der Waals surface area contributed by atoms with Crippen LogP contribution in [0.2, 0.25) is 0 Å². The Kier molecular flexibility index (Phi) is 7.76. The summed E-state index contributed by atoms with van der Waals surface area (Å²) in [6.45, 7) is 3.21. The van der Waals surface area contributed by atoms with Gasteiger partial charge in [0, 0.05) is 13.0 Å². The van der Waals surface area contributed by atoms with Crippen molar-refractivity contribution in [2.75, 3.05) is 25.0 Å². The molecule has 0 bridgehead atoms. The lowest BCUT2D eigenvalue weighted by molar-refractivity contribution is -0.116. The summed E-state index contributed by atoms with van der Waals surface area (Å²) in [7, 11) is 0. The average Bonchev–Trinajstić information content (AvgIpc) is 2.63. The number of para-hydroxylation sites is 1. The lowest BCUT2D eigenvalue weighted by atomic mass is 10.1. The summed E-state index contributed by atoms with van der Waals surface area (Å²) in [6, 6.07) is 13.1. The number of carbonyl (C=O) groups excluding carboxylic acids is 2. The Morgan fingerprint density at radius 1 is 1.04 bits per heavy atom. The normalized spacial score (nSPS) is 10.4. The molecule has 0 saturated heterocycles. The second-order valence-corrected chi connectivity index (χ2v) is 5.69. The fourth-order valence-corrected chi connectivity index (χ4v) is 2.40. The van der Waals surface area contributed by atoms with E-state index in [0.717, 1.165) is 12.0 Å². The van der Waals surface area contributed by atoms with Gasteiger partial charge in [-0.05, 0) is 49.7 Å². The molecule has 0 atom stereocenters. The van der Waals surface area contributed by atoms with Gasteiger partial charge >= 0.3 is 5.97 Å². The van der Waals surface area contributed by atoms with Crippen LogP contribution >= 0.6 is 0 Å².